The van der Waals surface area contributed by atoms with Gasteiger partial charge in [0.2, 0.25) is 0 Å². The van der Waals surface area contributed by atoms with Gasteiger partial charge in [-0.15, -0.1) is 5.10 Å². The van der Waals surface area contributed by atoms with Crippen molar-refractivity contribution >= 4 is 28.8 Å². The number of rotatable bonds is 5. The van der Waals surface area contributed by atoms with Crippen LogP contribution < -0.4 is 15.5 Å². The molecule has 0 spiro atoms. The number of ether oxygens (including phenoxy) is 1. The first-order valence-electron chi connectivity index (χ1n) is 9.27. The summed E-state index contributed by atoms with van der Waals surface area (Å²) in [5, 5.41) is 14.2. The van der Waals surface area contributed by atoms with Crippen LogP contribution in [0.4, 0.5) is 27.3 Å². The summed E-state index contributed by atoms with van der Waals surface area (Å²) in [7, 11) is 0. The smallest absolute Gasteiger partial charge is 0.255 e. The number of aromatic nitrogens is 2. The molecule has 0 unspecified atom stereocenters. The van der Waals surface area contributed by atoms with Gasteiger partial charge in [0.1, 0.15) is 5.82 Å². The van der Waals surface area contributed by atoms with E-state index in [0.29, 0.717) is 30.3 Å². The van der Waals surface area contributed by atoms with Gasteiger partial charge < -0.3 is 20.3 Å². The van der Waals surface area contributed by atoms with Crippen LogP contribution in [-0.4, -0.2) is 42.4 Å². The van der Waals surface area contributed by atoms with Crippen molar-refractivity contribution in [3.05, 3.63) is 72.2 Å². The quantitative estimate of drug-likeness (QED) is 0.691. The lowest BCUT2D eigenvalue weighted by atomic mass is 10.2. The SMILES string of the molecule is O=C(Nc1ccc(Nc2cc(N3CCOCC3)cnn2)cc1)c1ccc(F)cc1. The van der Waals surface area contributed by atoms with E-state index in [2.05, 4.69) is 25.7 Å². The molecular formula is C21H20FN5O2. The van der Waals surface area contributed by atoms with E-state index in [0.717, 1.165) is 24.5 Å². The fourth-order valence-electron chi connectivity index (χ4n) is 3.00. The van der Waals surface area contributed by atoms with Crippen LogP contribution in [0.1, 0.15) is 10.4 Å². The van der Waals surface area contributed by atoms with Crippen molar-refractivity contribution < 1.29 is 13.9 Å². The van der Waals surface area contributed by atoms with Crippen LogP contribution in [0, 0.1) is 5.82 Å². The monoisotopic (exact) mass is 393 g/mol. The fourth-order valence-corrected chi connectivity index (χ4v) is 3.00. The molecule has 0 aliphatic carbocycles. The average Bonchev–Trinajstić information content (AvgIpc) is 2.76. The number of benzene rings is 2. The second-order valence-electron chi connectivity index (χ2n) is 6.56. The number of nitrogens with zero attached hydrogens (tertiary/aromatic N) is 3. The van der Waals surface area contributed by atoms with Crippen LogP contribution in [0.2, 0.25) is 0 Å². The molecule has 29 heavy (non-hydrogen) atoms. The van der Waals surface area contributed by atoms with Gasteiger partial charge >= 0.3 is 0 Å². The predicted molar refractivity (Wildman–Crippen MR) is 109 cm³/mol. The molecule has 1 aliphatic rings. The molecule has 2 aromatic carbocycles. The lowest BCUT2D eigenvalue weighted by Crippen LogP contribution is -2.36. The Morgan fingerprint density at radius 3 is 2.41 bits per heavy atom. The van der Waals surface area contributed by atoms with Crippen molar-refractivity contribution in [2.24, 2.45) is 0 Å². The molecule has 1 fully saturated rings. The van der Waals surface area contributed by atoms with E-state index in [1.165, 1.54) is 24.3 Å². The maximum Gasteiger partial charge on any atom is 0.255 e. The highest BCUT2D eigenvalue weighted by Crippen LogP contribution is 2.22. The molecule has 1 saturated heterocycles. The minimum absolute atomic E-state index is 0.296. The maximum atomic E-state index is 13.0. The normalized spacial score (nSPS) is 13.8. The lowest BCUT2D eigenvalue weighted by molar-refractivity contribution is 0.102. The van der Waals surface area contributed by atoms with Crippen LogP contribution in [0.25, 0.3) is 0 Å². The Morgan fingerprint density at radius 2 is 1.69 bits per heavy atom. The summed E-state index contributed by atoms with van der Waals surface area (Å²) in [6.45, 7) is 3.06. The number of carbonyl (C=O) groups is 1. The molecule has 0 saturated carbocycles. The van der Waals surface area contributed by atoms with Crippen molar-refractivity contribution in [3.8, 4) is 0 Å². The third-order valence-electron chi connectivity index (χ3n) is 4.54. The van der Waals surface area contributed by atoms with Gasteiger partial charge in [0.25, 0.3) is 5.91 Å². The number of hydrogen-bond acceptors (Lipinski definition) is 6. The molecule has 7 nitrogen and oxygen atoms in total. The molecule has 1 amide bonds. The van der Waals surface area contributed by atoms with E-state index >= 15 is 0 Å². The van der Waals surface area contributed by atoms with Gasteiger partial charge in [0, 0.05) is 36.1 Å². The Hall–Kier alpha value is -3.52. The van der Waals surface area contributed by atoms with E-state index in [4.69, 9.17) is 4.74 Å². The zero-order chi connectivity index (χ0) is 20.1. The zero-order valence-electron chi connectivity index (χ0n) is 15.6. The van der Waals surface area contributed by atoms with Gasteiger partial charge in [0.05, 0.1) is 25.1 Å². The van der Waals surface area contributed by atoms with Crippen molar-refractivity contribution in [2.75, 3.05) is 41.8 Å². The van der Waals surface area contributed by atoms with E-state index in [1.54, 1.807) is 18.3 Å². The summed E-state index contributed by atoms with van der Waals surface area (Å²) in [5.41, 5.74) is 2.84. The molecule has 2 N–H and O–H groups in total. The average molecular weight is 393 g/mol. The van der Waals surface area contributed by atoms with Gasteiger partial charge in [-0.25, -0.2) is 4.39 Å². The number of nitrogens with one attached hydrogen (secondary N) is 2. The van der Waals surface area contributed by atoms with Gasteiger partial charge in [-0.1, -0.05) is 0 Å². The first-order valence-corrected chi connectivity index (χ1v) is 9.27. The van der Waals surface area contributed by atoms with Gasteiger partial charge in [-0.3, -0.25) is 4.79 Å². The van der Waals surface area contributed by atoms with Crippen molar-refractivity contribution in [2.45, 2.75) is 0 Å². The Balaban J connectivity index is 1.39. The summed E-state index contributed by atoms with van der Waals surface area (Å²) < 4.78 is 18.4. The van der Waals surface area contributed by atoms with Crippen molar-refractivity contribution in [3.63, 3.8) is 0 Å². The Kier molecular flexibility index (Phi) is 5.62. The number of carbonyl (C=O) groups excluding carboxylic acids is 1. The third kappa shape index (κ3) is 4.85. The van der Waals surface area contributed by atoms with Gasteiger partial charge in [-0.2, -0.15) is 5.10 Å². The second-order valence-corrected chi connectivity index (χ2v) is 6.56. The van der Waals surface area contributed by atoms with Crippen LogP contribution in [0.5, 0.6) is 0 Å². The number of morpholine rings is 1. The summed E-state index contributed by atoms with van der Waals surface area (Å²) in [6, 6.07) is 14.6. The van der Waals surface area contributed by atoms with Gasteiger partial charge in [0.15, 0.2) is 5.82 Å². The molecule has 0 atom stereocenters. The van der Waals surface area contributed by atoms with Crippen LogP contribution in [0.3, 0.4) is 0 Å². The zero-order valence-corrected chi connectivity index (χ0v) is 15.6. The molecule has 3 aromatic rings. The summed E-state index contributed by atoms with van der Waals surface area (Å²) in [4.78, 5) is 14.4. The largest absolute Gasteiger partial charge is 0.378 e. The predicted octanol–water partition coefficient (Wildman–Crippen LogP) is 3.45. The summed E-state index contributed by atoms with van der Waals surface area (Å²) in [6.07, 6.45) is 1.74. The molecule has 2 heterocycles. The maximum absolute atomic E-state index is 13.0. The first kappa shape index (κ1) is 18.8. The highest BCUT2D eigenvalue weighted by Gasteiger charge is 2.12. The molecule has 1 aromatic heterocycles. The van der Waals surface area contributed by atoms with E-state index < -0.39 is 0 Å². The molecule has 0 radical (unpaired) electrons. The highest BCUT2D eigenvalue weighted by molar-refractivity contribution is 6.04. The minimum atomic E-state index is -0.377. The van der Waals surface area contributed by atoms with Crippen molar-refractivity contribution in [1.82, 2.24) is 10.2 Å². The Morgan fingerprint density at radius 1 is 1.00 bits per heavy atom. The summed E-state index contributed by atoms with van der Waals surface area (Å²) >= 11 is 0. The number of halogens is 1. The highest BCUT2D eigenvalue weighted by atomic mass is 19.1. The van der Waals surface area contributed by atoms with Crippen LogP contribution in [-0.2, 0) is 4.74 Å². The molecule has 148 valence electrons. The molecular weight excluding hydrogens is 373 g/mol. The topological polar surface area (TPSA) is 79.4 Å². The van der Waals surface area contributed by atoms with Crippen LogP contribution >= 0.6 is 0 Å². The number of anilines is 4. The molecule has 0 bridgehead atoms. The fraction of sp³-hybridized carbons (Fsp3) is 0.190. The second kappa shape index (κ2) is 8.66. The Labute approximate surface area is 167 Å². The number of hydrogen-bond donors (Lipinski definition) is 2. The lowest BCUT2D eigenvalue weighted by Gasteiger charge is -2.28. The molecule has 4 rings (SSSR count). The minimum Gasteiger partial charge on any atom is -0.378 e. The Bertz CT molecular complexity index is 973. The molecule has 8 heteroatoms. The van der Waals surface area contributed by atoms with E-state index in [1.807, 2.05) is 18.2 Å². The van der Waals surface area contributed by atoms with E-state index in [9.17, 15) is 9.18 Å². The number of amides is 1. The first-order chi connectivity index (χ1) is 14.2. The summed E-state index contributed by atoms with van der Waals surface area (Å²) in [5.74, 6) is -0.0374. The standard InChI is InChI=1S/C21H20FN5O2/c22-16-3-1-15(2-4-16)21(28)25-18-7-5-17(6-8-18)24-20-13-19(14-23-26-20)27-9-11-29-12-10-27/h1-8,13-14H,9-12H2,(H,24,26)(H,25,28). The molecule has 1 aliphatic heterocycles. The van der Waals surface area contributed by atoms with Crippen LogP contribution in [0.15, 0.2) is 60.8 Å². The van der Waals surface area contributed by atoms with Gasteiger partial charge in [-0.05, 0) is 48.5 Å². The van der Waals surface area contributed by atoms with E-state index in [-0.39, 0.29) is 11.7 Å². The third-order valence-corrected chi connectivity index (χ3v) is 4.54. The van der Waals surface area contributed by atoms with Crippen molar-refractivity contribution in [1.29, 1.82) is 0 Å².